The van der Waals surface area contributed by atoms with Crippen LogP contribution in [0.3, 0.4) is 0 Å². The second kappa shape index (κ2) is 5.54. The summed E-state index contributed by atoms with van der Waals surface area (Å²) in [6, 6.07) is 5.75. The molecule has 0 saturated carbocycles. The predicted octanol–water partition coefficient (Wildman–Crippen LogP) is 1.81. The van der Waals surface area contributed by atoms with E-state index in [1.54, 1.807) is 7.11 Å². The number of nitrogens with zero attached hydrogens (tertiary/aromatic N) is 1. The van der Waals surface area contributed by atoms with Gasteiger partial charge >= 0.3 is 0 Å². The first kappa shape index (κ1) is 9.99. The van der Waals surface area contributed by atoms with Crippen LogP contribution in [0.1, 0.15) is 12.1 Å². The van der Waals surface area contributed by atoms with Gasteiger partial charge in [-0.1, -0.05) is 6.07 Å². The van der Waals surface area contributed by atoms with Crippen LogP contribution in [0, 0.1) is 6.92 Å². The second-order valence-corrected chi connectivity index (χ2v) is 2.81. The fraction of sp³-hybridized carbons (Fsp3) is 0.500. The molecule has 0 aromatic carbocycles. The predicted molar refractivity (Wildman–Crippen MR) is 51.0 cm³/mol. The minimum absolute atomic E-state index is 0.657. The van der Waals surface area contributed by atoms with E-state index in [9.17, 15) is 0 Å². The first-order valence-electron chi connectivity index (χ1n) is 4.38. The summed E-state index contributed by atoms with van der Waals surface area (Å²) in [4.78, 5) is 4.21. The maximum Gasteiger partial charge on any atom is 0.213 e. The van der Waals surface area contributed by atoms with Gasteiger partial charge in [-0.25, -0.2) is 4.98 Å². The third kappa shape index (κ3) is 3.90. The fourth-order valence-corrected chi connectivity index (χ4v) is 0.978. The molecule has 0 spiro atoms. The summed E-state index contributed by atoms with van der Waals surface area (Å²) in [5, 5.41) is 0. The lowest BCUT2D eigenvalue weighted by molar-refractivity contribution is 0.170. The third-order valence-electron chi connectivity index (χ3n) is 1.61. The van der Waals surface area contributed by atoms with Crippen molar-refractivity contribution < 1.29 is 9.47 Å². The van der Waals surface area contributed by atoms with Gasteiger partial charge in [0.05, 0.1) is 6.61 Å². The van der Waals surface area contributed by atoms with Gasteiger partial charge in [-0.15, -0.1) is 0 Å². The minimum Gasteiger partial charge on any atom is -0.478 e. The van der Waals surface area contributed by atoms with Crippen LogP contribution in [-0.2, 0) is 4.74 Å². The van der Waals surface area contributed by atoms with Gasteiger partial charge < -0.3 is 9.47 Å². The zero-order valence-corrected chi connectivity index (χ0v) is 8.12. The summed E-state index contributed by atoms with van der Waals surface area (Å²) in [5.74, 6) is 0.691. The molecule has 3 heteroatoms. The minimum atomic E-state index is 0.657. The molecular weight excluding hydrogens is 166 g/mol. The highest BCUT2D eigenvalue weighted by Gasteiger charge is 1.94. The lowest BCUT2D eigenvalue weighted by Crippen LogP contribution is -2.02. The topological polar surface area (TPSA) is 31.4 Å². The van der Waals surface area contributed by atoms with Crippen molar-refractivity contribution in [1.29, 1.82) is 0 Å². The van der Waals surface area contributed by atoms with E-state index in [2.05, 4.69) is 4.98 Å². The lowest BCUT2D eigenvalue weighted by atomic mass is 10.4. The Hall–Kier alpha value is -1.09. The molecule has 1 heterocycles. The Kier molecular flexibility index (Phi) is 4.26. The Bertz CT molecular complexity index is 250. The molecule has 0 bridgehead atoms. The van der Waals surface area contributed by atoms with Crippen molar-refractivity contribution in [3.63, 3.8) is 0 Å². The van der Waals surface area contributed by atoms with E-state index in [1.165, 1.54) is 0 Å². The molecule has 0 aliphatic heterocycles. The van der Waals surface area contributed by atoms with Crippen molar-refractivity contribution in [2.45, 2.75) is 13.3 Å². The molecule has 0 saturated heterocycles. The molecular formula is C10H15NO2. The summed E-state index contributed by atoms with van der Waals surface area (Å²) >= 11 is 0. The Morgan fingerprint density at radius 1 is 1.31 bits per heavy atom. The van der Waals surface area contributed by atoms with Gasteiger partial charge in [-0.05, 0) is 13.0 Å². The first-order valence-corrected chi connectivity index (χ1v) is 4.38. The Morgan fingerprint density at radius 2 is 2.15 bits per heavy atom. The number of methoxy groups -OCH3 is 1. The smallest absolute Gasteiger partial charge is 0.213 e. The number of hydrogen-bond donors (Lipinski definition) is 0. The van der Waals surface area contributed by atoms with Crippen LogP contribution >= 0.6 is 0 Å². The van der Waals surface area contributed by atoms with Crippen LogP contribution in [0.4, 0.5) is 0 Å². The van der Waals surface area contributed by atoms with Gasteiger partial charge in [0, 0.05) is 31.9 Å². The summed E-state index contributed by atoms with van der Waals surface area (Å²) < 4.78 is 10.3. The molecule has 13 heavy (non-hydrogen) atoms. The van der Waals surface area contributed by atoms with Crippen LogP contribution in [0.5, 0.6) is 5.88 Å². The number of ether oxygens (including phenoxy) is 2. The average molecular weight is 181 g/mol. The third-order valence-corrected chi connectivity index (χ3v) is 1.61. The van der Waals surface area contributed by atoms with Crippen LogP contribution < -0.4 is 4.74 Å². The molecule has 0 aliphatic rings. The molecule has 3 nitrogen and oxygen atoms in total. The number of hydrogen-bond acceptors (Lipinski definition) is 3. The molecule has 0 fully saturated rings. The molecule has 0 aliphatic carbocycles. The molecule has 0 radical (unpaired) electrons. The van der Waals surface area contributed by atoms with Crippen molar-refractivity contribution in [1.82, 2.24) is 4.98 Å². The molecule has 0 atom stereocenters. The average Bonchev–Trinajstić information content (AvgIpc) is 2.13. The highest BCUT2D eigenvalue weighted by Crippen LogP contribution is 2.06. The van der Waals surface area contributed by atoms with Gasteiger partial charge in [-0.3, -0.25) is 0 Å². The highest BCUT2D eigenvalue weighted by atomic mass is 16.5. The first-order chi connectivity index (χ1) is 6.33. The molecule has 1 rings (SSSR count). The molecule has 1 aromatic rings. The van der Waals surface area contributed by atoms with Gasteiger partial charge in [-0.2, -0.15) is 0 Å². The monoisotopic (exact) mass is 181 g/mol. The van der Waals surface area contributed by atoms with Crippen molar-refractivity contribution in [2.24, 2.45) is 0 Å². The van der Waals surface area contributed by atoms with Gasteiger partial charge in [0.15, 0.2) is 0 Å². The molecule has 0 amide bonds. The van der Waals surface area contributed by atoms with Crippen molar-refractivity contribution in [3.05, 3.63) is 23.9 Å². The standard InChI is InChI=1S/C10H15NO2/c1-9-5-3-6-10(11-9)13-8-4-7-12-2/h3,5-6H,4,7-8H2,1-2H3. The summed E-state index contributed by atoms with van der Waals surface area (Å²) in [5.41, 5.74) is 0.976. The highest BCUT2D eigenvalue weighted by molar-refractivity contribution is 5.14. The summed E-state index contributed by atoms with van der Waals surface area (Å²) in [6.07, 6.45) is 0.895. The van der Waals surface area contributed by atoms with E-state index in [0.717, 1.165) is 18.7 Å². The van der Waals surface area contributed by atoms with Crippen LogP contribution in [0.2, 0.25) is 0 Å². The van der Waals surface area contributed by atoms with E-state index in [0.29, 0.717) is 12.5 Å². The van der Waals surface area contributed by atoms with Crippen LogP contribution in [0.25, 0.3) is 0 Å². The quantitative estimate of drug-likeness (QED) is 0.649. The zero-order chi connectivity index (χ0) is 9.52. The van der Waals surface area contributed by atoms with E-state index < -0.39 is 0 Å². The maximum atomic E-state index is 5.40. The molecule has 0 unspecified atom stereocenters. The van der Waals surface area contributed by atoms with E-state index in [4.69, 9.17) is 9.47 Å². The van der Waals surface area contributed by atoms with Crippen molar-refractivity contribution in [2.75, 3.05) is 20.3 Å². The van der Waals surface area contributed by atoms with E-state index in [-0.39, 0.29) is 0 Å². The maximum absolute atomic E-state index is 5.40. The largest absolute Gasteiger partial charge is 0.478 e. The number of rotatable bonds is 5. The SMILES string of the molecule is COCCCOc1cccc(C)n1. The number of aromatic nitrogens is 1. The summed E-state index contributed by atoms with van der Waals surface area (Å²) in [7, 11) is 1.69. The summed E-state index contributed by atoms with van der Waals surface area (Å²) in [6.45, 7) is 3.33. The Labute approximate surface area is 78.7 Å². The Balaban J connectivity index is 2.28. The van der Waals surface area contributed by atoms with E-state index >= 15 is 0 Å². The van der Waals surface area contributed by atoms with Gasteiger partial charge in [0.1, 0.15) is 0 Å². The second-order valence-electron chi connectivity index (χ2n) is 2.81. The molecule has 0 N–H and O–H groups in total. The van der Waals surface area contributed by atoms with E-state index in [1.807, 2.05) is 25.1 Å². The number of aryl methyl sites for hydroxylation is 1. The number of pyridine rings is 1. The van der Waals surface area contributed by atoms with Crippen molar-refractivity contribution in [3.8, 4) is 5.88 Å². The van der Waals surface area contributed by atoms with Crippen LogP contribution in [0.15, 0.2) is 18.2 Å². The zero-order valence-electron chi connectivity index (χ0n) is 8.12. The van der Waals surface area contributed by atoms with Gasteiger partial charge in [0.2, 0.25) is 5.88 Å². The molecule has 72 valence electrons. The Morgan fingerprint density at radius 3 is 2.85 bits per heavy atom. The normalized spacial score (nSPS) is 10.0. The van der Waals surface area contributed by atoms with Gasteiger partial charge in [0.25, 0.3) is 0 Å². The van der Waals surface area contributed by atoms with Crippen LogP contribution in [-0.4, -0.2) is 25.3 Å². The van der Waals surface area contributed by atoms with Crippen molar-refractivity contribution >= 4 is 0 Å². The fourth-order valence-electron chi connectivity index (χ4n) is 0.978. The molecule has 1 aromatic heterocycles. The lowest BCUT2D eigenvalue weighted by Gasteiger charge is -2.04.